The van der Waals surface area contributed by atoms with Crippen molar-refractivity contribution in [2.75, 3.05) is 12.4 Å². The molecular formula is C13H10BrNO4S. The van der Waals surface area contributed by atoms with E-state index in [1.807, 2.05) is 0 Å². The maximum absolute atomic E-state index is 12.2. The molecule has 0 radical (unpaired) electrons. The highest BCUT2D eigenvalue weighted by molar-refractivity contribution is 9.10. The van der Waals surface area contributed by atoms with Gasteiger partial charge < -0.3 is 15.2 Å². The molecule has 0 unspecified atom stereocenters. The van der Waals surface area contributed by atoms with Crippen molar-refractivity contribution < 1.29 is 19.4 Å². The average Bonchev–Trinajstić information content (AvgIpc) is 2.87. The van der Waals surface area contributed by atoms with Crippen LogP contribution in [0.3, 0.4) is 0 Å². The van der Waals surface area contributed by atoms with Gasteiger partial charge in [-0.3, -0.25) is 4.79 Å². The number of halogens is 1. The van der Waals surface area contributed by atoms with E-state index in [-0.39, 0.29) is 5.56 Å². The highest BCUT2D eigenvalue weighted by Gasteiger charge is 2.17. The molecule has 0 saturated carbocycles. The lowest BCUT2D eigenvalue weighted by atomic mass is 10.2. The summed E-state index contributed by atoms with van der Waals surface area (Å²) in [6.45, 7) is 0. The monoisotopic (exact) mass is 355 g/mol. The zero-order chi connectivity index (χ0) is 14.7. The number of nitrogens with one attached hydrogen (secondary N) is 1. The molecule has 5 nitrogen and oxygen atoms in total. The third-order valence-electron chi connectivity index (χ3n) is 2.54. The van der Waals surface area contributed by atoms with Crippen molar-refractivity contribution in [2.45, 2.75) is 0 Å². The van der Waals surface area contributed by atoms with Crippen molar-refractivity contribution in [1.29, 1.82) is 0 Å². The first-order valence-electron chi connectivity index (χ1n) is 5.48. The summed E-state index contributed by atoms with van der Waals surface area (Å²) in [5.41, 5.74) is 0.441. The number of hydrogen-bond donors (Lipinski definition) is 2. The predicted octanol–water partition coefficient (Wildman–Crippen LogP) is 3.47. The van der Waals surface area contributed by atoms with E-state index in [4.69, 9.17) is 9.84 Å². The SMILES string of the molecule is COc1ccc(Br)c(C(=O)Nc2sccc2C(=O)O)c1. The first-order chi connectivity index (χ1) is 9.52. The zero-order valence-corrected chi connectivity index (χ0v) is 12.7. The van der Waals surface area contributed by atoms with Crippen LogP contribution in [0.1, 0.15) is 20.7 Å². The molecule has 0 spiro atoms. The van der Waals surface area contributed by atoms with E-state index in [0.717, 1.165) is 11.3 Å². The molecule has 2 N–H and O–H groups in total. The van der Waals surface area contributed by atoms with Crippen LogP contribution in [-0.4, -0.2) is 24.1 Å². The lowest BCUT2D eigenvalue weighted by molar-refractivity contribution is 0.0698. The Balaban J connectivity index is 2.28. The number of hydrogen-bond acceptors (Lipinski definition) is 4. The van der Waals surface area contributed by atoms with E-state index in [9.17, 15) is 9.59 Å². The van der Waals surface area contributed by atoms with Crippen LogP contribution in [0.25, 0.3) is 0 Å². The number of carboxylic acids is 1. The van der Waals surface area contributed by atoms with E-state index < -0.39 is 11.9 Å². The van der Waals surface area contributed by atoms with Crippen LogP contribution >= 0.6 is 27.3 Å². The topological polar surface area (TPSA) is 75.6 Å². The number of rotatable bonds is 4. The Morgan fingerprint density at radius 2 is 2.05 bits per heavy atom. The summed E-state index contributed by atoms with van der Waals surface area (Å²) in [6.07, 6.45) is 0. The Bertz CT molecular complexity index is 668. The lowest BCUT2D eigenvalue weighted by Crippen LogP contribution is -2.14. The Hall–Kier alpha value is -1.86. The van der Waals surface area contributed by atoms with Crippen LogP contribution in [-0.2, 0) is 0 Å². The van der Waals surface area contributed by atoms with Gasteiger partial charge in [-0.15, -0.1) is 11.3 Å². The maximum atomic E-state index is 12.2. The fraction of sp³-hybridized carbons (Fsp3) is 0.0769. The minimum absolute atomic E-state index is 0.0716. The first-order valence-corrected chi connectivity index (χ1v) is 7.16. The molecule has 104 valence electrons. The molecule has 0 bridgehead atoms. The quantitative estimate of drug-likeness (QED) is 0.880. The molecule has 1 aromatic carbocycles. The molecule has 0 aliphatic carbocycles. The number of ether oxygens (including phenoxy) is 1. The van der Waals surface area contributed by atoms with Crippen LogP contribution in [0.2, 0.25) is 0 Å². The maximum Gasteiger partial charge on any atom is 0.338 e. The van der Waals surface area contributed by atoms with Gasteiger partial charge in [0.15, 0.2) is 0 Å². The van der Waals surface area contributed by atoms with Gasteiger partial charge in [0, 0.05) is 4.47 Å². The molecule has 1 aromatic heterocycles. The lowest BCUT2D eigenvalue weighted by Gasteiger charge is -2.08. The number of anilines is 1. The fourth-order valence-corrected chi connectivity index (χ4v) is 2.75. The summed E-state index contributed by atoms with van der Waals surface area (Å²) in [4.78, 5) is 23.2. The Morgan fingerprint density at radius 3 is 2.70 bits per heavy atom. The molecule has 1 heterocycles. The van der Waals surface area contributed by atoms with Crippen molar-refractivity contribution >= 4 is 44.1 Å². The normalized spacial score (nSPS) is 10.1. The number of carbonyl (C=O) groups is 2. The van der Waals surface area contributed by atoms with Crippen LogP contribution in [0.5, 0.6) is 5.75 Å². The van der Waals surface area contributed by atoms with E-state index in [0.29, 0.717) is 20.8 Å². The standard InChI is InChI=1S/C13H10BrNO4S/c1-19-7-2-3-10(14)9(6-7)11(16)15-12-8(13(17)18)4-5-20-12/h2-6H,1H3,(H,15,16)(H,17,18). The van der Waals surface area contributed by atoms with Crippen molar-refractivity contribution in [1.82, 2.24) is 0 Å². The second-order valence-corrected chi connectivity index (χ2v) is 5.54. The predicted molar refractivity (Wildman–Crippen MR) is 79.9 cm³/mol. The highest BCUT2D eigenvalue weighted by Crippen LogP contribution is 2.27. The molecule has 2 rings (SSSR count). The van der Waals surface area contributed by atoms with E-state index in [1.54, 1.807) is 23.6 Å². The summed E-state index contributed by atoms with van der Waals surface area (Å²) in [7, 11) is 1.51. The van der Waals surface area contributed by atoms with Crippen LogP contribution < -0.4 is 10.1 Å². The van der Waals surface area contributed by atoms with Crippen molar-refractivity contribution in [3.8, 4) is 5.75 Å². The number of thiophene rings is 1. The minimum atomic E-state index is -1.08. The average molecular weight is 356 g/mol. The molecule has 0 fully saturated rings. The van der Waals surface area contributed by atoms with E-state index in [1.165, 1.54) is 13.2 Å². The van der Waals surface area contributed by atoms with Gasteiger partial charge in [0.2, 0.25) is 0 Å². The third kappa shape index (κ3) is 3.00. The molecule has 20 heavy (non-hydrogen) atoms. The van der Waals surface area contributed by atoms with Crippen LogP contribution in [0.15, 0.2) is 34.1 Å². The molecule has 0 saturated heterocycles. The second kappa shape index (κ2) is 6.06. The van der Waals surface area contributed by atoms with Gasteiger partial charge in [0.25, 0.3) is 5.91 Å². The van der Waals surface area contributed by atoms with Crippen molar-refractivity contribution in [3.63, 3.8) is 0 Å². The molecule has 2 aromatic rings. The smallest absolute Gasteiger partial charge is 0.338 e. The summed E-state index contributed by atoms with van der Waals surface area (Å²) in [6, 6.07) is 6.44. The first kappa shape index (κ1) is 14.5. The number of amides is 1. The fourth-order valence-electron chi connectivity index (χ4n) is 1.55. The van der Waals surface area contributed by atoms with Crippen LogP contribution in [0, 0.1) is 0 Å². The molecular weight excluding hydrogens is 346 g/mol. The summed E-state index contributed by atoms with van der Waals surface area (Å²) < 4.78 is 5.67. The number of aromatic carboxylic acids is 1. The molecule has 7 heteroatoms. The Labute approximate surface area is 127 Å². The van der Waals surface area contributed by atoms with E-state index >= 15 is 0 Å². The van der Waals surface area contributed by atoms with Gasteiger partial charge in [-0.05, 0) is 45.6 Å². The van der Waals surface area contributed by atoms with Gasteiger partial charge in [-0.1, -0.05) is 0 Å². The Kier molecular flexibility index (Phi) is 4.41. The van der Waals surface area contributed by atoms with Gasteiger partial charge in [-0.25, -0.2) is 4.79 Å². The summed E-state index contributed by atoms with van der Waals surface area (Å²) in [5.74, 6) is -0.935. The van der Waals surface area contributed by atoms with Gasteiger partial charge in [-0.2, -0.15) is 0 Å². The van der Waals surface area contributed by atoms with Gasteiger partial charge in [0.05, 0.1) is 18.2 Å². The van der Waals surface area contributed by atoms with Gasteiger partial charge >= 0.3 is 5.97 Å². The third-order valence-corrected chi connectivity index (χ3v) is 4.06. The largest absolute Gasteiger partial charge is 0.497 e. The Morgan fingerprint density at radius 1 is 1.30 bits per heavy atom. The minimum Gasteiger partial charge on any atom is -0.497 e. The second-order valence-electron chi connectivity index (χ2n) is 3.77. The summed E-state index contributed by atoms with van der Waals surface area (Å²) >= 11 is 4.44. The van der Waals surface area contributed by atoms with Gasteiger partial charge in [0.1, 0.15) is 10.8 Å². The van der Waals surface area contributed by atoms with E-state index in [2.05, 4.69) is 21.2 Å². The molecule has 1 amide bonds. The number of carbonyl (C=O) groups excluding carboxylic acids is 1. The van der Waals surface area contributed by atoms with Crippen molar-refractivity contribution in [3.05, 3.63) is 45.2 Å². The highest BCUT2D eigenvalue weighted by atomic mass is 79.9. The number of benzene rings is 1. The molecule has 0 aliphatic rings. The summed E-state index contributed by atoms with van der Waals surface area (Å²) in [5, 5.41) is 13.5. The molecule has 0 atom stereocenters. The molecule has 0 aliphatic heterocycles. The number of carboxylic acid groups (broad SMARTS) is 1. The van der Waals surface area contributed by atoms with Crippen molar-refractivity contribution in [2.24, 2.45) is 0 Å². The zero-order valence-electron chi connectivity index (χ0n) is 10.3. The van der Waals surface area contributed by atoms with Crippen LogP contribution in [0.4, 0.5) is 5.00 Å². The number of methoxy groups -OCH3 is 1.